The third-order valence-corrected chi connectivity index (χ3v) is 2.95. The Balaban J connectivity index is 2.12. The maximum atomic E-state index is 8.53. The van der Waals surface area contributed by atoms with Crippen LogP contribution < -0.4 is 5.73 Å². The summed E-state index contributed by atoms with van der Waals surface area (Å²) >= 11 is 0. The molecule has 1 aromatic heterocycles. The summed E-state index contributed by atoms with van der Waals surface area (Å²) in [5.41, 5.74) is 6.17. The Kier molecular flexibility index (Phi) is 2.89. The molecule has 1 saturated carbocycles. The Morgan fingerprint density at radius 1 is 1.47 bits per heavy atom. The minimum atomic E-state index is 0.122. The second-order valence-corrected chi connectivity index (χ2v) is 3.99. The molecule has 0 aliphatic heterocycles. The molecule has 0 unspecified atom stereocenters. The summed E-state index contributed by atoms with van der Waals surface area (Å²) in [6.07, 6.45) is 9.71. The topological polar surface area (TPSA) is 76.4 Å². The molecule has 1 heterocycles. The summed E-state index contributed by atoms with van der Waals surface area (Å²) in [6, 6.07) is 0.485. The number of aromatic nitrogens is 2. The molecule has 0 atom stereocenters. The Morgan fingerprint density at radius 2 is 2.20 bits per heavy atom. The Hall–Kier alpha value is -1.52. The first-order valence-electron chi connectivity index (χ1n) is 5.33. The highest BCUT2D eigenvalue weighted by molar-refractivity contribution is 5.96. The summed E-state index contributed by atoms with van der Waals surface area (Å²) in [4.78, 5) is 0. The van der Waals surface area contributed by atoms with Crippen LogP contribution >= 0.6 is 0 Å². The predicted molar refractivity (Wildman–Crippen MR) is 56.9 cm³/mol. The van der Waals surface area contributed by atoms with Gasteiger partial charge in [-0.1, -0.05) is 24.4 Å². The molecule has 1 aromatic rings. The monoisotopic (exact) mass is 208 g/mol. The summed E-state index contributed by atoms with van der Waals surface area (Å²) in [5, 5.41) is 15.7. The molecule has 5 heteroatoms. The maximum Gasteiger partial charge on any atom is 0.173 e. The summed E-state index contributed by atoms with van der Waals surface area (Å²) in [6.45, 7) is 0. The third kappa shape index (κ3) is 2.11. The number of nitrogens with two attached hydrogens (primary N) is 1. The molecule has 15 heavy (non-hydrogen) atoms. The van der Waals surface area contributed by atoms with Gasteiger partial charge in [-0.25, -0.2) is 0 Å². The van der Waals surface area contributed by atoms with Gasteiger partial charge in [0, 0.05) is 6.20 Å². The fourth-order valence-electron chi connectivity index (χ4n) is 2.07. The zero-order valence-electron chi connectivity index (χ0n) is 8.63. The van der Waals surface area contributed by atoms with Crippen molar-refractivity contribution in [3.05, 3.63) is 18.0 Å². The van der Waals surface area contributed by atoms with E-state index < -0.39 is 0 Å². The summed E-state index contributed by atoms with van der Waals surface area (Å²) in [5.74, 6) is 0.122. The normalized spacial score (nSPS) is 19.3. The standard InChI is InChI=1S/C10H16N4O/c11-10(13-15)8-6-12-14(7-8)9-4-2-1-3-5-9/h6-7,9,15H,1-5H2,(H2,11,13). The maximum absolute atomic E-state index is 8.53. The van der Waals surface area contributed by atoms with Gasteiger partial charge >= 0.3 is 0 Å². The van der Waals surface area contributed by atoms with E-state index in [4.69, 9.17) is 10.9 Å². The molecular weight excluding hydrogens is 192 g/mol. The Labute approximate surface area is 88.6 Å². The predicted octanol–water partition coefficient (Wildman–Crippen LogP) is 1.48. The number of nitrogens with zero attached hydrogens (tertiary/aromatic N) is 3. The molecule has 1 fully saturated rings. The van der Waals surface area contributed by atoms with Crippen molar-refractivity contribution < 1.29 is 5.21 Å². The van der Waals surface area contributed by atoms with Crippen LogP contribution in [0.15, 0.2) is 17.5 Å². The molecule has 0 aromatic carbocycles. The van der Waals surface area contributed by atoms with Crippen molar-refractivity contribution in [1.82, 2.24) is 9.78 Å². The van der Waals surface area contributed by atoms with E-state index in [2.05, 4.69) is 10.3 Å². The first kappa shape index (κ1) is 10.0. The molecule has 1 aliphatic rings. The van der Waals surface area contributed by atoms with Gasteiger partial charge in [0.1, 0.15) is 0 Å². The van der Waals surface area contributed by atoms with Gasteiger partial charge in [-0.3, -0.25) is 4.68 Å². The van der Waals surface area contributed by atoms with Crippen LogP contribution in [-0.4, -0.2) is 20.8 Å². The molecule has 0 spiro atoms. The van der Waals surface area contributed by atoms with E-state index in [1.807, 2.05) is 10.9 Å². The van der Waals surface area contributed by atoms with Crippen LogP contribution in [0.4, 0.5) is 0 Å². The van der Waals surface area contributed by atoms with Gasteiger partial charge in [0.15, 0.2) is 5.84 Å². The highest BCUT2D eigenvalue weighted by atomic mass is 16.4. The third-order valence-electron chi connectivity index (χ3n) is 2.95. The van der Waals surface area contributed by atoms with Gasteiger partial charge in [-0.05, 0) is 12.8 Å². The van der Waals surface area contributed by atoms with E-state index in [0.717, 1.165) is 0 Å². The zero-order valence-corrected chi connectivity index (χ0v) is 8.63. The molecule has 1 aliphatic carbocycles. The summed E-state index contributed by atoms with van der Waals surface area (Å²) in [7, 11) is 0. The van der Waals surface area contributed by atoms with Crippen LogP contribution in [0.1, 0.15) is 43.7 Å². The lowest BCUT2D eigenvalue weighted by Gasteiger charge is -2.21. The van der Waals surface area contributed by atoms with Crippen LogP contribution in [0, 0.1) is 0 Å². The molecule has 0 saturated heterocycles. The second kappa shape index (κ2) is 4.33. The average molecular weight is 208 g/mol. The van der Waals surface area contributed by atoms with Crippen LogP contribution in [0.2, 0.25) is 0 Å². The van der Waals surface area contributed by atoms with Crippen molar-refractivity contribution in [3.8, 4) is 0 Å². The van der Waals surface area contributed by atoms with Crippen molar-refractivity contribution in [1.29, 1.82) is 0 Å². The van der Waals surface area contributed by atoms with Gasteiger partial charge in [-0.2, -0.15) is 5.10 Å². The number of oxime groups is 1. The SMILES string of the molecule is N/C(=N/O)c1cnn(C2CCCCC2)c1. The first-order valence-corrected chi connectivity index (χ1v) is 5.33. The lowest BCUT2D eigenvalue weighted by Crippen LogP contribution is -2.14. The number of amidine groups is 1. The Morgan fingerprint density at radius 3 is 2.87 bits per heavy atom. The van der Waals surface area contributed by atoms with Crippen LogP contribution in [-0.2, 0) is 0 Å². The van der Waals surface area contributed by atoms with Gasteiger partial charge in [0.25, 0.3) is 0 Å². The smallest absolute Gasteiger partial charge is 0.173 e. The average Bonchev–Trinajstić information content (AvgIpc) is 2.78. The van der Waals surface area contributed by atoms with Crippen LogP contribution in [0.5, 0.6) is 0 Å². The molecule has 0 radical (unpaired) electrons. The molecule has 5 nitrogen and oxygen atoms in total. The summed E-state index contributed by atoms with van der Waals surface area (Å²) < 4.78 is 1.94. The fourth-order valence-corrected chi connectivity index (χ4v) is 2.07. The lowest BCUT2D eigenvalue weighted by molar-refractivity contribution is 0.318. The van der Waals surface area contributed by atoms with Crippen molar-refractivity contribution in [2.24, 2.45) is 10.9 Å². The van der Waals surface area contributed by atoms with E-state index in [0.29, 0.717) is 11.6 Å². The largest absolute Gasteiger partial charge is 0.409 e. The fraction of sp³-hybridized carbons (Fsp3) is 0.600. The molecule has 0 amide bonds. The van der Waals surface area contributed by atoms with Crippen molar-refractivity contribution in [2.45, 2.75) is 38.1 Å². The molecule has 2 rings (SSSR count). The second-order valence-electron chi connectivity index (χ2n) is 3.99. The highest BCUT2D eigenvalue weighted by Gasteiger charge is 2.16. The van der Waals surface area contributed by atoms with Gasteiger partial charge in [0.05, 0.1) is 17.8 Å². The minimum absolute atomic E-state index is 0.122. The van der Waals surface area contributed by atoms with Crippen molar-refractivity contribution >= 4 is 5.84 Å². The highest BCUT2D eigenvalue weighted by Crippen LogP contribution is 2.27. The molecule has 3 N–H and O–H groups in total. The van der Waals surface area contributed by atoms with E-state index in [-0.39, 0.29) is 5.84 Å². The van der Waals surface area contributed by atoms with E-state index >= 15 is 0 Å². The van der Waals surface area contributed by atoms with E-state index in [1.165, 1.54) is 32.1 Å². The van der Waals surface area contributed by atoms with Crippen molar-refractivity contribution in [3.63, 3.8) is 0 Å². The van der Waals surface area contributed by atoms with Gasteiger partial charge < -0.3 is 10.9 Å². The molecule has 82 valence electrons. The van der Waals surface area contributed by atoms with E-state index in [9.17, 15) is 0 Å². The minimum Gasteiger partial charge on any atom is -0.409 e. The number of hydrogen-bond donors (Lipinski definition) is 2. The van der Waals surface area contributed by atoms with Crippen molar-refractivity contribution in [2.75, 3.05) is 0 Å². The van der Waals surface area contributed by atoms with Gasteiger partial charge in [0.2, 0.25) is 0 Å². The van der Waals surface area contributed by atoms with E-state index in [1.54, 1.807) is 6.20 Å². The van der Waals surface area contributed by atoms with Gasteiger partial charge in [-0.15, -0.1) is 0 Å². The van der Waals surface area contributed by atoms with Crippen LogP contribution in [0.25, 0.3) is 0 Å². The lowest BCUT2D eigenvalue weighted by atomic mass is 9.96. The Bertz CT molecular complexity index is 352. The zero-order chi connectivity index (χ0) is 10.7. The molecular formula is C10H16N4O. The molecule has 0 bridgehead atoms. The first-order chi connectivity index (χ1) is 7.31. The number of hydrogen-bond acceptors (Lipinski definition) is 3. The quantitative estimate of drug-likeness (QED) is 0.334. The number of rotatable bonds is 2. The van der Waals surface area contributed by atoms with Crippen LogP contribution in [0.3, 0.4) is 0 Å².